The van der Waals surface area contributed by atoms with E-state index in [0.717, 1.165) is 59.7 Å². The normalized spacial score (nSPS) is 17.4. The van der Waals surface area contributed by atoms with Crippen LogP contribution in [0.15, 0.2) is 52.3 Å². The van der Waals surface area contributed by atoms with Gasteiger partial charge in [0.25, 0.3) is 5.56 Å². The zero-order valence-electron chi connectivity index (χ0n) is 17.8. The molecule has 2 aromatic carbocycles. The van der Waals surface area contributed by atoms with Crippen molar-refractivity contribution in [2.24, 2.45) is 10.9 Å². The van der Waals surface area contributed by atoms with E-state index in [1.54, 1.807) is 14.2 Å². The molecule has 0 radical (unpaired) electrons. The summed E-state index contributed by atoms with van der Waals surface area (Å²) in [5.74, 6) is 2.28. The van der Waals surface area contributed by atoms with Crippen LogP contribution in [0.4, 0.5) is 0 Å². The number of fused-ring (bicyclic) bond motifs is 2. The lowest BCUT2D eigenvalue weighted by molar-refractivity contribution is 0.354. The lowest BCUT2D eigenvalue weighted by Crippen LogP contribution is -2.32. The number of H-pyrrole nitrogens is 1. The van der Waals surface area contributed by atoms with E-state index < -0.39 is 0 Å². The summed E-state index contributed by atoms with van der Waals surface area (Å²) in [6.45, 7) is 0.753. The molecule has 0 spiro atoms. The minimum absolute atomic E-state index is 0.0440. The number of nitrogens with one attached hydrogen (secondary N) is 1. The smallest absolute Gasteiger partial charge is 0.254 e. The van der Waals surface area contributed by atoms with E-state index in [9.17, 15) is 4.79 Å². The van der Waals surface area contributed by atoms with Crippen LogP contribution < -0.4 is 15.0 Å². The van der Waals surface area contributed by atoms with Gasteiger partial charge in [0.05, 0.1) is 19.9 Å². The molecule has 1 unspecified atom stereocenters. The maximum atomic E-state index is 12.9. The largest absolute Gasteiger partial charge is 0.493 e. The third-order valence-corrected chi connectivity index (χ3v) is 6.26. The molecule has 158 valence electrons. The summed E-state index contributed by atoms with van der Waals surface area (Å²) in [6.07, 6.45) is 3.22. The van der Waals surface area contributed by atoms with Crippen molar-refractivity contribution in [1.82, 2.24) is 9.97 Å². The number of benzene rings is 2. The molecule has 2 aliphatic rings. The molecule has 0 amide bonds. The molecule has 6 heteroatoms. The Labute approximate surface area is 181 Å². The summed E-state index contributed by atoms with van der Waals surface area (Å²) in [5, 5.41) is 0. The standard InChI is InChI=1S/C25H25N3O3/c1-30-21-13-16-10-11-26-23(18(16)14-22(21)31-2)17-8-9-20-19(12-17)25(29)28-24(27-20)15-6-4-3-5-7-15/h3-7,13-14,17H,8-12H2,1-2H3,(H,27,28,29). The van der Waals surface area contributed by atoms with Gasteiger partial charge in [-0.05, 0) is 43.4 Å². The van der Waals surface area contributed by atoms with E-state index in [-0.39, 0.29) is 11.5 Å². The highest BCUT2D eigenvalue weighted by Crippen LogP contribution is 2.36. The van der Waals surface area contributed by atoms with Crippen molar-refractivity contribution in [3.05, 3.63) is 75.2 Å². The van der Waals surface area contributed by atoms with Crippen molar-refractivity contribution in [2.45, 2.75) is 25.7 Å². The molecule has 5 rings (SSSR count). The Balaban J connectivity index is 1.48. The average Bonchev–Trinajstić information content (AvgIpc) is 2.83. The zero-order chi connectivity index (χ0) is 21.4. The van der Waals surface area contributed by atoms with Gasteiger partial charge in [-0.15, -0.1) is 0 Å². The average molecular weight is 415 g/mol. The van der Waals surface area contributed by atoms with Crippen LogP contribution in [0.25, 0.3) is 11.4 Å². The lowest BCUT2D eigenvalue weighted by atomic mass is 9.79. The molecule has 3 aromatic rings. The molecule has 31 heavy (non-hydrogen) atoms. The highest BCUT2D eigenvalue weighted by Gasteiger charge is 2.30. The first-order valence-electron chi connectivity index (χ1n) is 10.6. The molecular formula is C25H25N3O3. The van der Waals surface area contributed by atoms with Gasteiger partial charge in [-0.3, -0.25) is 9.79 Å². The number of aromatic amines is 1. The van der Waals surface area contributed by atoms with E-state index in [1.807, 2.05) is 36.4 Å². The van der Waals surface area contributed by atoms with Crippen LogP contribution in [0.5, 0.6) is 11.5 Å². The Kier molecular flexibility index (Phi) is 5.06. The number of hydrogen-bond donors (Lipinski definition) is 1. The first-order valence-corrected chi connectivity index (χ1v) is 10.6. The Morgan fingerprint density at radius 1 is 1.03 bits per heavy atom. The number of nitrogens with zero attached hydrogens (tertiary/aromatic N) is 2. The lowest BCUT2D eigenvalue weighted by Gasteiger charge is -2.28. The number of aliphatic imine (C=N–C) groups is 1. The van der Waals surface area contributed by atoms with E-state index in [0.29, 0.717) is 18.0 Å². The van der Waals surface area contributed by atoms with Gasteiger partial charge in [-0.2, -0.15) is 0 Å². The summed E-state index contributed by atoms with van der Waals surface area (Å²) in [4.78, 5) is 25.6. The molecule has 1 aliphatic heterocycles. The van der Waals surface area contributed by atoms with Gasteiger partial charge in [0.1, 0.15) is 5.82 Å². The summed E-state index contributed by atoms with van der Waals surface area (Å²) >= 11 is 0. The van der Waals surface area contributed by atoms with Crippen LogP contribution in [0, 0.1) is 5.92 Å². The molecule has 6 nitrogen and oxygen atoms in total. The molecule has 1 atom stereocenters. The van der Waals surface area contributed by atoms with Gasteiger partial charge in [-0.1, -0.05) is 30.3 Å². The van der Waals surface area contributed by atoms with E-state index in [2.05, 4.69) is 11.1 Å². The molecule has 0 saturated carbocycles. The van der Waals surface area contributed by atoms with Gasteiger partial charge in [0.15, 0.2) is 11.5 Å². The van der Waals surface area contributed by atoms with Gasteiger partial charge in [-0.25, -0.2) is 4.98 Å². The minimum atomic E-state index is -0.0440. The summed E-state index contributed by atoms with van der Waals surface area (Å²) < 4.78 is 11.0. The fourth-order valence-corrected chi connectivity index (χ4v) is 4.68. The van der Waals surface area contributed by atoms with Crippen LogP contribution in [-0.4, -0.2) is 36.4 Å². The first-order chi connectivity index (χ1) is 15.2. The number of ether oxygens (including phenoxy) is 2. The number of aryl methyl sites for hydroxylation is 1. The third-order valence-electron chi connectivity index (χ3n) is 6.26. The van der Waals surface area contributed by atoms with Crippen molar-refractivity contribution >= 4 is 5.71 Å². The zero-order valence-corrected chi connectivity index (χ0v) is 17.8. The Morgan fingerprint density at radius 3 is 2.58 bits per heavy atom. The second-order valence-corrected chi connectivity index (χ2v) is 8.03. The van der Waals surface area contributed by atoms with Crippen LogP contribution in [-0.2, 0) is 19.3 Å². The molecule has 2 heterocycles. The fourth-order valence-electron chi connectivity index (χ4n) is 4.68. The maximum absolute atomic E-state index is 12.9. The van der Waals surface area contributed by atoms with Gasteiger partial charge in [0, 0.05) is 34.9 Å². The van der Waals surface area contributed by atoms with Crippen molar-refractivity contribution < 1.29 is 9.47 Å². The summed E-state index contributed by atoms with van der Waals surface area (Å²) in [7, 11) is 3.30. The summed E-state index contributed by atoms with van der Waals surface area (Å²) in [6, 6.07) is 13.9. The Morgan fingerprint density at radius 2 is 1.81 bits per heavy atom. The monoisotopic (exact) mass is 415 g/mol. The van der Waals surface area contributed by atoms with E-state index in [1.165, 1.54) is 5.56 Å². The number of aromatic nitrogens is 2. The highest BCUT2D eigenvalue weighted by molar-refractivity contribution is 6.05. The molecule has 1 aliphatic carbocycles. The van der Waals surface area contributed by atoms with Crippen LogP contribution in [0.2, 0.25) is 0 Å². The SMILES string of the molecule is COc1cc2c(cc1OC)C(C1CCc3nc(-c4ccccc4)[nH]c(=O)c3C1)=NCC2. The number of rotatable bonds is 4. The Hall–Kier alpha value is -3.41. The van der Waals surface area contributed by atoms with Crippen molar-refractivity contribution in [2.75, 3.05) is 20.8 Å². The number of methoxy groups -OCH3 is 2. The molecule has 0 fully saturated rings. The van der Waals surface area contributed by atoms with Gasteiger partial charge in [0.2, 0.25) is 0 Å². The van der Waals surface area contributed by atoms with E-state index >= 15 is 0 Å². The minimum Gasteiger partial charge on any atom is -0.493 e. The molecule has 0 bridgehead atoms. The molecule has 0 saturated heterocycles. The third kappa shape index (κ3) is 3.52. The molecule has 1 N–H and O–H groups in total. The van der Waals surface area contributed by atoms with Crippen molar-refractivity contribution in [3.63, 3.8) is 0 Å². The second-order valence-electron chi connectivity index (χ2n) is 8.03. The predicted molar refractivity (Wildman–Crippen MR) is 120 cm³/mol. The Bertz CT molecular complexity index is 1210. The maximum Gasteiger partial charge on any atom is 0.254 e. The van der Waals surface area contributed by atoms with Crippen molar-refractivity contribution in [3.8, 4) is 22.9 Å². The topological polar surface area (TPSA) is 76.6 Å². The van der Waals surface area contributed by atoms with Crippen LogP contribution in [0.1, 0.15) is 28.8 Å². The van der Waals surface area contributed by atoms with Crippen LogP contribution in [0.3, 0.4) is 0 Å². The predicted octanol–water partition coefficient (Wildman–Crippen LogP) is 3.60. The number of hydrogen-bond acceptors (Lipinski definition) is 5. The first kappa shape index (κ1) is 19.5. The summed E-state index contributed by atoms with van der Waals surface area (Å²) in [5.41, 5.74) is 5.98. The molecular weight excluding hydrogens is 390 g/mol. The second kappa shape index (κ2) is 8.02. The van der Waals surface area contributed by atoms with Crippen LogP contribution >= 0.6 is 0 Å². The fraction of sp³-hybridized carbons (Fsp3) is 0.320. The van der Waals surface area contributed by atoms with Crippen molar-refractivity contribution in [1.29, 1.82) is 0 Å². The van der Waals surface area contributed by atoms with Gasteiger partial charge < -0.3 is 14.5 Å². The molecule has 1 aromatic heterocycles. The quantitative estimate of drug-likeness (QED) is 0.706. The van der Waals surface area contributed by atoms with E-state index in [4.69, 9.17) is 19.5 Å². The van der Waals surface area contributed by atoms with Gasteiger partial charge >= 0.3 is 0 Å². The highest BCUT2D eigenvalue weighted by atomic mass is 16.5.